The Morgan fingerprint density at radius 1 is 1.18 bits per heavy atom. The van der Waals surface area contributed by atoms with E-state index in [4.69, 9.17) is 0 Å². The predicted molar refractivity (Wildman–Crippen MR) is 71.9 cm³/mol. The molecule has 1 heteroatoms. The Kier molecular flexibility index (Phi) is 3.58. The average molecular weight is 232 g/mol. The Bertz CT molecular complexity index is 371. The van der Waals surface area contributed by atoms with Crippen molar-refractivity contribution in [1.82, 2.24) is 0 Å². The first-order valence-corrected chi connectivity index (χ1v) is 6.73. The monoisotopic (exact) mass is 232 g/mol. The van der Waals surface area contributed by atoms with Crippen molar-refractivity contribution in [1.29, 1.82) is 0 Å². The Labute approximate surface area is 105 Å². The molecule has 1 N–H and O–H groups in total. The van der Waals surface area contributed by atoms with Gasteiger partial charge in [0.15, 0.2) is 0 Å². The Hall–Kier alpha value is -0.820. The van der Waals surface area contributed by atoms with E-state index in [9.17, 15) is 5.11 Å². The molecule has 2 rings (SSSR count). The van der Waals surface area contributed by atoms with Crippen molar-refractivity contribution in [3.05, 3.63) is 35.4 Å². The lowest BCUT2D eigenvalue weighted by atomic mass is 9.70. The van der Waals surface area contributed by atoms with Crippen LogP contribution in [-0.2, 0) is 0 Å². The second-order valence-electron chi connectivity index (χ2n) is 6.30. The van der Waals surface area contributed by atoms with Gasteiger partial charge in [0.25, 0.3) is 0 Å². The molecule has 1 aliphatic carbocycles. The molecular formula is C16H24O. The van der Waals surface area contributed by atoms with Crippen molar-refractivity contribution >= 4 is 0 Å². The van der Waals surface area contributed by atoms with Crippen LogP contribution in [0.15, 0.2) is 24.3 Å². The highest BCUT2D eigenvalue weighted by atomic mass is 16.3. The number of rotatable bonds is 2. The minimum Gasteiger partial charge on any atom is -0.388 e. The van der Waals surface area contributed by atoms with Crippen molar-refractivity contribution in [3.63, 3.8) is 0 Å². The van der Waals surface area contributed by atoms with Gasteiger partial charge in [0.2, 0.25) is 0 Å². The molecule has 1 saturated carbocycles. The number of benzene rings is 1. The van der Waals surface area contributed by atoms with Crippen LogP contribution in [0.3, 0.4) is 0 Å². The zero-order valence-electron chi connectivity index (χ0n) is 11.2. The summed E-state index contributed by atoms with van der Waals surface area (Å²) in [5.74, 6) is 0.448. The summed E-state index contributed by atoms with van der Waals surface area (Å²) in [6.07, 6.45) is 4.51. The fourth-order valence-corrected chi connectivity index (χ4v) is 2.91. The van der Waals surface area contributed by atoms with E-state index in [0.29, 0.717) is 11.3 Å². The molecule has 1 atom stereocenters. The van der Waals surface area contributed by atoms with Crippen molar-refractivity contribution in [3.8, 4) is 0 Å². The molecule has 1 aromatic carbocycles. The molecule has 0 spiro atoms. The van der Waals surface area contributed by atoms with E-state index in [0.717, 1.165) is 18.4 Å². The van der Waals surface area contributed by atoms with E-state index >= 15 is 0 Å². The molecule has 0 aromatic heterocycles. The third-order valence-corrected chi connectivity index (χ3v) is 4.34. The Balaban J connectivity index is 2.07. The summed E-state index contributed by atoms with van der Waals surface area (Å²) in [4.78, 5) is 0. The molecule has 1 fully saturated rings. The maximum atomic E-state index is 10.5. The fourth-order valence-electron chi connectivity index (χ4n) is 2.91. The second kappa shape index (κ2) is 4.81. The fraction of sp³-hybridized carbons (Fsp3) is 0.625. The molecule has 0 aliphatic heterocycles. The maximum Gasteiger partial charge on any atom is 0.0820 e. The van der Waals surface area contributed by atoms with Crippen LogP contribution in [0.25, 0.3) is 0 Å². The van der Waals surface area contributed by atoms with E-state index in [2.05, 4.69) is 32.9 Å². The standard InChI is InChI=1S/C16H24O/c1-12-6-4-5-7-14(12)15(17)13-8-10-16(2,3)11-9-13/h4-7,13,15,17H,8-11H2,1-3H3. The minimum absolute atomic E-state index is 0.271. The van der Waals surface area contributed by atoms with Gasteiger partial charge in [-0.2, -0.15) is 0 Å². The molecule has 0 heterocycles. The van der Waals surface area contributed by atoms with Gasteiger partial charge in [-0.05, 0) is 55.1 Å². The van der Waals surface area contributed by atoms with Gasteiger partial charge in [0.1, 0.15) is 0 Å². The lowest BCUT2D eigenvalue weighted by Gasteiger charge is -2.36. The second-order valence-corrected chi connectivity index (χ2v) is 6.30. The highest BCUT2D eigenvalue weighted by Gasteiger charge is 2.31. The topological polar surface area (TPSA) is 20.2 Å². The summed E-state index contributed by atoms with van der Waals surface area (Å²) in [6.45, 7) is 6.76. The third-order valence-electron chi connectivity index (χ3n) is 4.34. The first-order chi connectivity index (χ1) is 7.99. The summed E-state index contributed by atoms with van der Waals surface area (Å²) >= 11 is 0. The van der Waals surface area contributed by atoms with Crippen LogP contribution < -0.4 is 0 Å². The maximum absolute atomic E-state index is 10.5. The number of hydrogen-bond acceptors (Lipinski definition) is 1. The van der Waals surface area contributed by atoms with Crippen LogP contribution in [-0.4, -0.2) is 5.11 Å². The van der Waals surface area contributed by atoms with Gasteiger partial charge in [-0.1, -0.05) is 38.1 Å². The van der Waals surface area contributed by atoms with Crippen LogP contribution >= 0.6 is 0 Å². The predicted octanol–water partition coefficient (Wildman–Crippen LogP) is 4.24. The molecule has 0 amide bonds. The average Bonchev–Trinajstić information content (AvgIpc) is 2.29. The number of aliphatic hydroxyl groups is 1. The van der Waals surface area contributed by atoms with Crippen LogP contribution in [0.5, 0.6) is 0 Å². The largest absolute Gasteiger partial charge is 0.388 e. The van der Waals surface area contributed by atoms with Gasteiger partial charge in [-0.3, -0.25) is 0 Å². The molecule has 1 nitrogen and oxygen atoms in total. The molecule has 17 heavy (non-hydrogen) atoms. The van der Waals surface area contributed by atoms with E-state index in [1.165, 1.54) is 18.4 Å². The number of aryl methyl sites for hydroxylation is 1. The van der Waals surface area contributed by atoms with Crippen LogP contribution in [0.2, 0.25) is 0 Å². The highest BCUT2D eigenvalue weighted by molar-refractivity contribution is 5.28. The number of aliphatic hydroxyl groups excluding tert-OH is 1. The Morgan fingerprint density at radius 3 is 2.35 bits per heavy atom. The minimum atomic E-state index is -0.271. The quantitative estimate of drug-likeness (QED) is 0.808. The van der Waals surface area contributed by atoms with Crippen molar-refractivity contribution in [2.24, 2.45) is 11.3 Å². The van der Waals surface area contributed by atoms with Gasteiger partial charge in [-0.25, -0.2) is 0 Å². The normalized spacial score (nSPS) is 22.4. The van der Waals surface area contributed by atoms with Crippen LogP contribution in [0, 0.1) is 18.3 Å². The van der Waals surface area contributed by atoms with Gasteiger partial charge in [0, 0.05) is 0 Å². The molecule has 94 valence electrons. The molecule has 1 aliphatic rings. The lowest BCUT2D eigenvalue weighted by molar-refractivity contribution is 0.0563. The highest BCUT2D eigenvalue weighted by Crippen LogP contribution is 2.43. The van der Waals surface area contributed by atoms with Crippen molar-refractivity contribution in [2.45, 2.75) is 52.6 Å². The van der Waals surface area contributed by atoms with Crippen LogP contribution in [0.4, 0.5) is 0 Å². The van der Waals surface area contributed by atoms with Crippen molar-refractivity contribution < 1.29 is 5.11 Å². The summed E-state index contributed by atoms with van der Waals surface area (Å²) < 4.78 is 0. The molecule has 0 radical (unpaired) electrons. The molecule has 0 bridgehead atoms. The molecular weight excluding hydrogens is 208 g/mol. The summed E-state index contributed by atoms with van der Waals surface area (Å²) in [5, 5.41) is 10.5. The van der Waals surface area contributed by atoms with E-state index in [1.54, 1.807) is 0 Å². The van der Waals surface area contributed by atoms with Crippen molar-refractivity contribution in [2.75, 3.05) is 0 Å². The molecule has 0 saturated heterocycles. The van der Waals surface area contributed by atoms with Gasteiger partial charge in [-0.15, -0.1) is 0 Å². The first-order valence-electron chi connectivity index (χ1n) is 6.73. The van der Waals surface area contributed by atoms with E-state index in [1.807, 2.05) is 12.1 Å². The van der Waals surface area contributed by atoms with Gasteiger partial charge < -0.3 is 5.11 Å². The lowest BCUT2D eigenvalue weighted by Crippen LogP contribution is -2.25. The summed E-state index contributed by atoms with van der Waals surface area (Å²) in [6, 6.07) is 8.22. The smallest absolute Gasteiger partial charge is 0.0820 e. The SMILES string of the molecule is Cc1ccccc1C(O)C1CCC(C)(C)CC1. The van der Waals surface area contributed by atoms with Gasteiger partial charge >= 0.3 is 0 Å². The summed E-state index contributed by atoms with van der Waals surface area (Å²) in [5.41, 5.74) is 2.81. The zero-order valence-corrected chi connectivity index (χ0v) is 11.2. The molecule has 1 aromatic rings. The van der Waals surface area contributed by atoms with E-state index < -0.39 is 0 Å². The zero-order chi connectivity index (χ0) is 12.5. The number of hydrogen-bond donors (Lipinski definition) is 1. The van der Waals surface area contributed by atoms with E-state index in [-0.39, 0.29) is 6.10 Å². The summed E-state index contributed by atoms with van der Waals surface area (Å²) in [7, 11) is 0. The Morgan fingerprint density at radius 2 is 1.76 bits per heavy atom. The van der Waals surface area contributed by atoms with Crippen LogP contribution in [0.1, 0.15) is 56.8 Å². The van der Waals surface area contributed by atoms with Gasteiger partial charge in [0.05, 0.1) is 6.10 Å². The molecule has 1 unspecified atom stereocenters. The first kappa shape index (κ1) is 12.6. The third kappa shape index (κ3) is 2.90.